The predicted octanol–water partition coefficient (Wildman–Crippen LogP) is 5.65. The van der Waals surface area contributed by atoms with E-state index in [0.717, 1.165) is 27.8 Å². The van der Waals surface area contributed by atoms with Gasteiger partial charge >= 0.3 is 0 Å². The number of aryl methyl sites for hydroxylation is 1. The topological polar surface area (TPSA) is 63.7 Å². The van der Waals surface area contributed by atoms with E-state index in [1.165, 1.54) is 4.90 Å². The van der Waals surface area contributed by atoms with Crippen molar-refractivity contribution in [2.75, 3.05) is 11.5 Å². The molecule has 2 unspecified atom stereocenters. The molecule has 2 amide bonds. The van der Waals surface area contributed by atoms with Crippen LogP contribution < -0.4 is 9.64 Å². The minimum Gasteiger partial charge on any atom is -0.483 e. The molecule has 4 aliphatic rings. The van der Waals surface area contributed by atoms with Crippen LogP contribution in [0, 0.1) is 18.8 Å². The Morgan fingerprint density at radius 2 is 1.16 bits per heavy atom. The summed E-state index contributed by atoms with van der Waals surface area (Å²) in [4.78, 5) is 42.2. The quantitative estimate of drug-likeness (QED) is 0.263. The molecule has 4 aromatic rings. The molecular weight excluding hydrogens is 474 g/mol. The Bertz CT molecular complexity index is 1510. The maximum absolute atomic E-state index is 14.1. The van der Waals surface area contributed by atoms with Crippen LogP contribution in [0.5, 0.6) is 5.75 Å². The van der Waals surface area contributed by atoms with Crippen molar-refractivity contribution in [2.45, 2.75) is 18.8 Å². The third-order valence-corrected chi connectivity index (χ3v) is 8.29. The van der Waals surface area contributed by atoms with E-state index in [9.17, 15) is 14.4 Å². The van der Waals surface area contributed by atoms with Crippen molar-refractivity contribution in [3.05, 3.63) is 130 Å². The maximum atomic E-state index is 14.1. The summed E-state index contributed by atoms with van der Waals surface area (Å²) < 4.78 is 5.94. The number of hydrogen-bond donors (Lipinski definition) is 0. The molecule has 0 N–H and O–H groups in total. The Balaban J connectivity index is 1.24. The van der Waals surface area contributed by atoms with E-state index in [1.807, 2.05) is 43.3 Å². The first-order valence-electron chi connectivity index (χ1n) is 12.9. The molecule has 0 spiro atoms. The number of amides is 2. The predicted molar refractivity (Wildman–Crippen MR) is 143 cm³/mol. The third kappa shape index (κ3) is 3.21. The van der Waals surface area contributed by atoms with Crippen LogP contribution in [0.15, 0.2) is 97.1 Å². The van der Waals surface area contributed by atoms with Crippen LogP contribution in [0.25, 0.3) is 0 Å². The number of benzene rings is 4. The SMILES string of the molecule is Cc1ccc(C(=O)COc2ccccc2N2C(=O)C3C4c5ccccc5C(c5ccccc54)C3C2=O)cc1. The maximum Gasteiger partial charge on any atom is 0.238 e. The van der Waals surface area contributed by atoms with Crippen molar-refractivity contribution in [1.29, 1.82) is 0 Å². The molecule has 1 fully saturated rings. The van der Waals surface area contributed by atoms with Crippen LogP contribution in [0.2, 0.25) is 0 Å². The fourth-order valence-electron chi connectivity index (χ4n) is 6.64. The molecule has 1 saturated heterocycles. The van der Waals surface area contributed by atoms with Gasteiger partial charge < -0.3 is 4.74 Å². The van der Waals surface area contributed by atoms with Crippen molar-refractivity contribution >= 4 is 23.3 Å². The molecule has 5 heteroatoms. The van der Waals surface area contributed by atoms with Gasteiger partial charge in [0, 0.05) is 17.4 Å². The lowest BCUT2D eigenvalue weighted by Crippen LogP contribution is -2.41. The average Bonchev–Trinajstić information content (AvgIpc) is 3.22. The minimum absolute atomic E-state index is 0.170. The number of hydrogen-bond acceptors (Lipinski definition) is 4. The molecule has 0 radical (unpaired) electrons. The Morgan fingerprint density at radius 1 is 0.684 bits per heavy atom. The zero-order chi connectivity index (χ0) is 26.0. The molecule has 1 aliphatic heterocycles. The van der Waals surface area contributed by atoms with E-state index >= 15 is 0 Å². The Hall–Kier alpha value is -4.51. The highest BCUT2D eigenvalue weighted by Crippen LogP contribution is 2.61. The summed E-state index contributed by atoms with van der Waals surface area (Å²) >= 11 is 0. The van der Waals surface area contributed by atoms with Crippen LogP contribution in [0.4, 0.5) is 5.69 Å². The van der Waals surface area contributed by atoms with Gasteiger partial charge in [-0.2, -0.15) is 0 Å². The lowest BCUT2D eigenvalue weighted by Gasteiger charge is -2.45. The molecule has 38 heavy (non-hydrogen) atoms. The second kappa shape index (κ2) is 8.52. The molecule has 2 atom stereocenters. The molecule has 5 nitrogen and oxygen atoms in total. The first-order valence-corrected chi connectivity index (χ1v) is 12.9. The molecule has 0 saturated carbocycles. The van der Waals surface area contributed by atoms with E-state index in [2.05, 4.69) is 24.3 Å². The van der Waals surface area contributed by atoms with Crippen molar-refractivity contribution in [2.24, 2.45) is 11.8 Å². The molecular formula is C33H25NO4. The zero-order valence-corrected chi connectivity index (χ0v) is 20.8. The van der Waals surface area contributed by atoms with Gasteiger partial charge in [0.05, 0.1) is 17.5 Å². The summed E-state index contributed by atoms with van der Waals surface area (Å²) in [7, 11) is 0. The summed E-state index contributed by atoms with van der Waals surface area (Å²) in [5.74, 6) is -1.53. The van der Waals surface area contributed by atoms with Gasteiger partial charge in [0.15, 0.2) is 12.4 Å². The largest absolute Gasteiger partial charge is 0.483 e. The molecule has 3 aliphatic carbocycles. The number of nitrogens with zero attached hydrogens (tertiary/aromatic N) is 1. The number of carbonyl (C=O) groups excluding carboxylic acids is 3. The van der Waals surface area contributed by atoms with Gasteiger partial charge in [-0.3, -0.25) is 14.4 Å². The first-order chi connectivity index (χ1) is 18.5. The number of Topliss-reactive ketones (excluding diaryl/α,β-unsaturated/α-hetero) is 1. The summed E-state index contributed by atoms with van der Waals surface area (Å²) in [5.41, 5.74) is 6.55. The van der Waals surface area contributed by atoms with Crippen LogP contribution in [0.3, 0.4) is 0 Å². The van der Waals surface area contributed by atoms with Gasteiger partial charge in [-0.1, -0.05) is 90.5 Å². The summed E-state index contributed by atoms with van der Waals surface area (Å²) in [6, 6.07) is 30.7. The fraction of sp³-hybridized carbons (Fsp3) is 0.182. The molecule has 2 bridgehead atoms. The number of rotatable bonds is 5. The number of imide groups is 1. The van der Waals surface area contributed by atoms with Gasteiger partial charge in [-0.25, -0.2) is 4.90 Å². The lowest BCUT2D eigenvalue weighted by molar-refractivity contribution is -0.122. The van der Waals surface area contributed by atoms with Crippen LogP contribution in [0.1, 0.15) is 50.0 Å². The Morgan fingerprint density at radius 3 is 1.68 bits per heavy atom. The van der Waals surface area contributed by atoms with Crippen LogP contribution in [-0.2, 0) is 9.59 Å². The van der Waals surface area contributed by atoms with Gasteiger partial charge in [0.2, 0.25) is 11.8 Å². The van der Waals surface area contributed by atoms with Gasteiger partial charge in [-0.05, 0) is 41.3 Å². The van der Waals surface area contributed by atoms with Gasteiger partial charge in [0.25, 0.3) is 0 Å². The first kappa shape index (κ1) is 22.7. The number of ether oxygens (including phenoxy) is 1. The van der Waals surface area contributed by atoms with Crippen molar-refractivity contribution < 1.29 is 19.1 Å². The zero-order valence-electron chi connectivity index (χ0n) is 20.8. The second-order valence-corrected chi connectivity index (χ2v) is 10.3. The monoisotopic (exact) mass is 499 g/mol. The van der Waals surface area contributed by atoms with E-state index in [4.69, 9.17) is 4.74 Å². The van der Waals surface area contributed by atoms with Gasteiger partial charge in [-0.15, -0.1) is 0 Å². The van der Waals surface area contributed by atoms with E-state index in [1.54, 1.807) is 36.4 Å². The average molecular weight is 500 g/mol. The highest BCUT2D eigenvalue weighted by Gasteiger charge is 2.62. The highest BCUT2D eigenvalue weighted by atomic mass is 16.5. The normalized spacial score (nSPS) is 22.6. The Kier molecular flexibility index (Phi) is 5.08. The van der Waals surface area contributed by atoms with Crippen molar-refractivity contribution in [3.63, 3.8) is 0 Å². The second-order valence-electron chi connectivity index (χ2n) is 10.3. The number of carbonyl (C=O) groups is 3. The van der Waals surface area contributed by atoms with E-state index in [0.29, 0.717) is 17.0 Å². The standard InChI is InChI=1S/C33H25NO4/c1-19-14-16-20(17-15-19)26(35)18-38-27-13-7-6-12-25(27)34-32(36)30-28-21-8-2-3-9-22(21)29(31(30)33(34)37)24-11-5-4-10-23(24)28/h2-17,28-31H,18H2,1H3. The van der Waals surface area contributed by atoms with E-state index < -0.39 is 11.8 Å². The number of para-hydroxylation sites is 2. The fourth-order valence-corrected chi connectivity index (χ4v) is 6.64. The molecule has 186 valence electrons. The van der Waals surface area contributed by atoms with E-state index in [-0.39, 0.29) is 36.0 Å². The van der Waals surface area contributed by atoms with Crippen LogP contribution >= 0.6 is 0 Å². The summed E-state index contributed by atoms with van der Waals surface area (Å²) in [5, 5.41) is 0. The van der Waals surface area contributed by atoms with Gasteiger partial charge in [0.1, 0.15) is 5.75 Å². The van der Waals surface area contributed by atoms with Crippen molar-refractivity contribution in [3.8, 4) is 5.75 Å². The highest BCUT2D eigenvalue weighted by molar-refractivity contribution is 6.24. The molecule has 4 aromatic carbocycles. The van der Waals surface area contributed by atoms with Crippen LogP contribution in [-0.4, -0.2) is 24.2 Å². The number of ketones is 1. The number of anilines is 1. The van der Waals surface area contributed by atoms with Crippen molar-refractivity contribution in [1.82, 2.24) is 0 Å². The molecule has 0 aromatic heterocycles. The lowest BCUT2D eigenvalue weighted by atomic mass is 9.55. The smallest absolute Gasteiger partial charge is 0.238 e. The molecule has 1 heterocycles. The minimum atomic E-state index is -0.473. The summed E-state index contributed by atoms with van der Waals surface area (Å²) in [6.07, 6.45) is 0. The Labute approximate surface area is 220 Å². The third-order valence-electron chi connectivity index (χ3n) is 8.29. The molecule has 8 rings (SSSR count). The summed E-state index contributed by atoms with van der Waals surface area (Å²) in [6.45, 7) is 1.77.